The van der Waals surface area contributed by atoms with Crippen molar-refractivity contribution < 1.29 is 9.53 Å². The molecule has 0 unspecified atom stereocenters. The molecule has 1 amide bonds. The SMILES string of the molecule is CCCCCCCCOc1ccc(C(=O)NC)cc1. The first-order valence-corrected chi connectivity index (χ1v) is 7.23. The largest absolute Gasteiger partial charge is 0.494 e. The highest BCUT2D eigenvalue weighted by atomic mass is 16.5. The zero-order valence-electron chi connectivity index (χ0n) is 12.1. The summed E-state index contributed by atoms with van der Waals surface area (Å²) in [5, 5.41) is 2.60. The van der Waals surface area contributed by atoms with Crippen molar-refractivity contribution in [1.82, 2.24) is 5.32 Å². The molecule has 0 aromatic heterocycles. The van der Waals surface area contributed by atoms with E-state index >= 15 is 0 Å². The summed E-state index contributed by atoms with van der Waals surface area (Å²) in [7, 11) is 1.63. The van der Waals surface area contributed by atoms with Crippen molar-refractivity contribution in [3.8, 4) is 5.75 Å². The van der Waals surface area contributed by atoms with Crippen LogP contribution in [-0.4, -0.2) is 19.6 Å². The molecule has 3 heteroatoms. The predicted molar refractivity (Wildman–Crippen MR) is 78.7 cm³/mol. The molecule has 0 atom stereocenters. The molecule has 0 heterocycles. The molecule has 0 aliphatic rings. The first-order valence-electron chi connectivity index (χ1n) is 7.23. The number of ether oxygens (including phenoxy) is 1. The van der Waals surface area contributed by atoms with E-state index in [4.69, 9.17) is 4.74 Å². The van der Waals surface area contributed by atoms with Crippen molar-refractivity contribution in [2.24, 2.45) is 0 Å². The van der Waals surface area contributed by atoms with Gasteiger partial charge in [0.1, 0.15) is 5.75 Å². The van der Waals surface area contributed by atoms with Gasteiger partial charge in [0.05, 0.1) is 6.61 Å². The molecule has 0 saturated carbocycles. The molecule has 0 saturated heterocycles. The second-order valence-corrected chi connectivity index (χ2v) is 4.72. The number of carbonyl (C=O) groups is 1. The monoisotopic (exact) mass is 263 g/mol. The summed E-state index contributed by atoms with van der Waals surface area (Å²) in [6.45, 7) is 2.98. The Bertz CT molecular complexity index is 360. The molecule has 1 aromatic rings. The number of amides is 1. The van der Waals surface area contributed by atoms with Crippen LogP contribution < -0.4 is 10.1 Å². The smallest absolute Gasteiger partial charge is 0.251 e. The molecule has 106 valence electrons. The van der Waals surface area contributed by atoms with Gasteiger partial charge in [-0.2, -0.15) is 0 Å². The van der Waals surface area contributed by atoms with Crippen LogP contribution in [0.1, 0.15) is 55.8 Å². The third-order valence-corrected chi connectivity index (χ3v) is 3.11. The highest BCUT2D eigenvalue weighted by Crippen LogP contribution is 2.13. The minimum atomic E-state index is -0.0672. The van der Waals surface area contributed by atoms with E-state index in [0.717, 1.165) is 18.8 Å². The van der Waals surface area contributed by atoms with Crippen LogP contribution in [0.15, 0.2) is 24.3 Å². The van der Waals surface area contributed by atoms with E-state index in [0.29, 0.717) is 5.56 Å². The second kappa shape index (κ2) is 9.42. The summed E-state index contributed by atoms with van der Waals surface area (Å²) in [6.07, 6.45) is 7.58. The Balaban J connectivity index is 2.18. The van der Waals surface area contributed by atoms with Gasteiger partial charge in [0.2, 0.25) is 0 Å². The fourth-order valence-corrected chi connectivity index (χ4v) is 1.92. The molecule has 1 aromatic carbocycles. The number of nitrogens with one attached hydrogen (secondary N) is 1. The van der Waals surface area contributed by atoms with Gasteiger partial charge >= 0.3 is 0 Å². The minimum Gasteiger partial charge on any atom is -0.494 e. The number of hydrogen-bond acceptors (Lipinski definition) is 2. The molecule has 0 aliphatic heterocycles. The highest BCUT2D eigenvalue weighted by Gasteiger charge is 2.02. The van der Waals surface area contributed by atoms with Gasteiger partial charge in [-0.15, -0.1) is 0 Å². The quantitative estimate of drug-likeness (QED) is 0.688. The molecule has 19 heavy (non-hydrogen) atoms. The number of rotatable bonds is 9. The number of carbonyl (C=O) groups excluding carboxylic acids is 1. The van der Waals surface area contributed by atoms with Crippen LogP contribution in [0.25, 0.3) is 0 Å². The van der Waals surface area contributed by atoms with Crippen molar-refractivity contribution in [3.05, 3.63) is 29.8 Å². The molecule has 0 bridgehead atoms. The summed E-state index contributed by atoms with van der Waals surface area (Å²) in [6, 6.07) is 7.27. The highest BCUT2D eigenvalue weighted by molar-refractivity contribution is 5.94. The van der Waals surface area contributed by atoms with Crippen LogP contribution >= 0.6 is 0 Å². The fourth-order valence-electron chi connectivity index (χ4n) is 1.92. The van der Waals surface area contributed by atoms with Crippen molar-refractivity contribution in [2.75, 3.05) is 13.7 Å². The van der Waals surface area contributed by atoms with Gasteiger partial charge in [-0.3, -0.25) is 4.79 Å². The number of hydrogen-bond donors (Lipinski definition) is 1. The summed E-state index contributed by atoms with van der Waals surface area (Å²) in [4.78, 5) is 11.4. The first kappa shape index (κ1) is 15.5. The summed E-state index contributed by atoms with van der Waals surface area (Å²) >= 11 is 0. The average Bonchev–Trinajstić information content (AvgIpc) is 2.46. The lowest BCUT2D eigenvalue weighted by atomic mass is 10.1. The van der Waals surface area contributed by atoms with Crippen LogP contribution in [0.2, 0.25) is 0 Å². The normalized spacial score (nSPS) is 10.2. The maximum Gasteiger partial charge on any atom is 0.251 e. The molecule has 3 nitrogen and oxygen atoms in total. The van der Waals surface area contributed by atoms with E-state index in [1.807, 2.05) is 12.1 Å². The molecule has 0 radical (unpaired) electrons. The van der Waals surface area contributed by atoms with Gasteiger partial charge in [0.25, 0.3) is 5.91 Å². The van der Waals surface area contributed by atoms with Gasteiger partial charge in [-0.25, -0.2) is 0 Å². The molecule has 1 N–H and O–H groups in total. The van der Waals surface area contributed by atoms with E-state index in [-0.39, 0.29) is 5.91 Å². The summed E-state index contributed by atoms with van der Waals surface area (Å²) in [5.74, 6) is 0.767. The van der Waals surface area contributed by atoms with Crippen LogP contribution in [0.5, 0.6) is 5.75 Å². The van der Waals surface area contributed by atoms with E-state index < -0.39 is 0 Å². The van der Waals surface area contributed by atoms with Gasteiger partial charge in [-0.05, 0) is 30.7 Å². The molecule has 0 aliphatic carbocycles. The van der Waals surface area contributed by atoms with Crippen LogP contribution in [-0.2, 0) is 0 Å². The average molecular weight is 263 g/mol. The van der Waals surface area contributed by atoms with Crippen molar-refractivity contribution in [3.63, 3.8) is 0 Å². The van der Waals surface area contributed by atoms with Crippen LogP contribution in [0.4, 0.5) is 0 Å². The zero-order chi connectivity index (χ0) is 13.9. The Kier molecular flexibility index (Phi) is 7.71. The molecular formula is C16H25NO2. The predicted octanol–water partition coefficient (Wildman–Crippen LogP) is 3.79. The van der Waals surface area contributed by atoms with E-state index in [1.165, 1.54) is 32.1 Å². The molecular weight excluding hydrogens is 238 g/mol. The summed E-state index contributed by atoms with van der Waals surface area (Å²) in [5.41, 5.74) is 0.661. The van der Waals surface area contributed by atoms with E-state index in [9.17, 15) is 4.79 Å². The molecule has 1 rings (SSSR count). The third kappa shape index (κ3) is 6.27. The maximum atomic E-state index is 11.4. The molecule has 0 spiro atoms. The third-order valence-electron chi connectivity index (χ3n) is 3.11. The minimum absolute atomic E-state index is 0.0672. The topological polar surface area (TPSA) is 38.3 Å². The lowest BCUT2D eigenvalue weighted by molar-refractivity contribution is 0.0963. The summed E-state index contributed by atoms with van der Waals surface area (Å²) < 4.78 is 5.65. The lowest BCUT2D eigenvalue weighted by Gasteiger charge is -2.07. The first-order chi connectivity index (χ1) is 9.27. The molecule has 0 fully saturated rings. The van der Waals surface area contributed by atoms with Crippen molar-refractivity contribution >= 4 is 5.91 Å². The van der Waals surface area contributed by atoms with Crippen LogP contribution in [0, 0.1) is 0 Å². The Morgan fingerprint density at radius 1 is 1.05 bits per heavy atom. The number of unbranched alkanes of at least 4 members (excludes halogenated alkanes) is 5. The van der Waals surface area contributed by atoms with Gasteiger partial charge < -0.3 is 10.1 Å². The van der Waals surface area contributed by atoms with E-state index in [2.05, 4.69) is 12.2 Å². The van der Waals surface area contributed by atoms with Gasteiger partial charge in [0.15, 0.2) is 0 Å². The van der Waals surface area contributed by atoms with Gasteiger partial charge in [-0.1, -0.05) is 39.0 Å². The fraction of sp³-hybridized carbons (Fsp3) is 0.562. The Morgan fingerprint density at radius 2 is 1.68 bits per heavy atom. The van der Waals surface area contributed by atoms with Crippen LogP contribution in [0.3, 0.4) is 0 Å². The standard InChI is InChI=1S/C16H25NO2/c1-3-4-5-6-7-8-13-19-15-11-9-14(10-12-15)16(18)17-2/h9-12H,3-8,13H2,1-2H3,(H,17,18). The van der Waals surface area contributed by atoms with Crippen molar-refractivity contribution in [2.45, 2.75) is 45.4 Å². The van der Waals surface area contributed by atoms with Gasteiger partial charge in [0, 0.05) is 12.6 Å². The lowest BCUT2D eigenvalue weighted by Crippen LogP contribution is -2.17. The zero-order valence-corrected chi connectivity index (χ0v) is 12.1. The maximum absolute atomic E-state index is 11.4. The van der Waals surface area contributed by atoms with E-state index in [1.54, 1.807) is 19.2 Å². The Hall–Kier alpha value is -1.51. The Morgan fingerprint density at radius 3 is 2.32 bits per heavy atom. The number of benzene rings is 1. The second-order valence-electron chi connectivity index (χ2n) is 4.72. The van der Waals surface area contributed by atoms with Crippen molar-refractivity contribution in [1.29, 1.82) is 0 Å². The Labute approximate surface area is 116 Å².